The Labute approximate surface area is 150 Å². The minimum atomic E-state index is -1.14. The Bertz CT molecular complexity index is 440. The Balaban J connectivity index is 5.05. The molecular formula is C17H34N4O4. The minimum Gasteiger partial charge on any atom is -0.391 e. The van der Waals surface area contributed by atoms with Crippen molar-refractivity contribution in [2.75, 3.05) is 13.1 Å². The Morgan fingerprint density at radius 3 is 1.92 bits per heavy atom. The number of aliphatic hydroxyl groups is 1. The molecule has 2 amide bonds. The van der Waals surface area contributed by atoms with E-state index in [2.05, 4.69) is 10.6 Å². The van der Waals surface area contributed by atoms with Crippen LogP contribution >= 0.6 is 0 Å². The van der Waals surface area contributed by atoms with E-state index in [9.17, 15) is 19.5 Å². The van der Waals surface area contributed by atoms with Crippen molar-refractivity contribution in [1.29, 1.82) is 0 Å². The molecule has 1 unspecified atom stereocenters. The van der Waals surface area contributed by atoms with Crippen molar-refractivity contribution >= 4 is 17.6 Å². The Morgan fingerprint density at radius 2 is 1.52 bits per heavy atom. The lowest BCUT2D eigenvalue weighted by molar-refractivity contribution is -0.135. The Hall–Kier alpha value is -1.51. The third-order valence-corrected chi connectivity index (χ3v) is 3.97. The van der Waals surface area contributed by atoms with Crippen molar-refractivity contribution in [2.24, 2.45) is 23.3 Å². The van der Waals surface area contributed by atoms with Gasteiger partial charge >= 0.3 is 0 Å². The van der Waals surface area contributed by atoms with E-state index < -0.39 is 24.1 Å². The van der Waals surface area contributed by atoms with Crippen LogP contribution in [0.5, 0.6) is 0 Å². The largest absolute Gasteiger partial charge is 0.391 e. The average molecular weight is 358 g/mol. The highest BCUT2D eigenvalue weighted by molar-refractivity contribution is 5.92. The molecule has 0 aromatic carbocycles. The zero-order valence-corrected chi connectivity index (χ0v) is 15.7. The number of hydrogen-bond donors (Lipinski definition) is 5. The predicted molar refractivity (Wildman–Crippen MR) is 96.5 cm³/mol. The molecule has 0 saturated carbocycles. The van der Waals surface area contributed by atoms with Crippen LogP contribution in [0.1, 0.15) is 47.0 Å². The first-order valence-electron chi connectivity index (χ1n) is 8.83. The van der Waals surface area contributed by atoms with Gasteiger partial charge in [0.25, 0.3) is 0 Å². The predicted octanol–water partition coefficient (Wildman–Crippen LogP) is -0.714. The summed E-state index contributed by atoms with van der Waals surface area (Å²) in [5.41, 5.74) is 11.0. The van der Waals surface area contributed by atoms with Gasteiger partial charge in [0, 0.05) is 5.92 Å². The standard InChI is InChI=1S/C17H34N4O4/c1-10(2)9-13(5-7-18)16(24)21-15(12(4)23)17(25)20-14(6-8-19)11(3)22/h10,12-15,23H,5-9,18-19H2,1-4H3,(H,20,25)(H,21,24)/t12-,13?,14-,15-/m0/s1. The number of hydrogen-bond acceptors (Lipinski definition) is 6. The maximum atomic E-state index is 12.5. The van der Waals surface area contributed by atoms with E-state index in [1.165, 1.54) is 13.8 Å². The third kappa shape index (κ3) is 8.94. The lowest BCUT2D eigenvalue weighted by Crippen LogP contribution is -2.56. The molecule has 0 aliphatic heterocycles. The van der Waals surface area contributed by atoms with Gasteiger partial charge in [0.1, 0.15) is 6.04 Å². The number of nitrogens with one attached hydrogen (secondary N) is 2. The molecule has 0 aromatic heterocycles. The summed E-state index contributed by atoms with van der Waals surface area (Å²) in [6, 6.07) is -1.87. The van der Waals surface area contributed by atoms with E-state index in [0.29, 0.717) is 31.7 Å². The first kappa shape index (κ1) is 23.5. The molecule has 0 bridgehead atoms. The van der Waals surface area contributed by atoms with Crippen molar-refractivity contribution in [1.82, 2.24) is 10.6 Å². The van der Waals surface area contributed by atoms with Crippen LogP contribution in [0.4, 0.5) is 0 Å². The fourth-order valence-electron chi connectivity index (χ4n) is 2.61. The van der Waals surface area contributed by atoms with Crippen molar-refractivity contribution < 1.29 is 19.5 Å². The molecule has 0 aliphatic carbocycles. The van der Waals surface area contributed by atoms with Gasteiger partial charge in [-0.1, -0.05) is 13.8 Å². The highest BCUT2D eigenvalue weighted by Crippen LogP contribution is 2.15. The molecule has 0 spiro atoms. The molecule has 0 aliphatic rings. The molecule has 0 saturated heterocycles. The summed E-state index contributed by atoms with van der Waals surface area (Å²) >= 11 is 0. The van der Waals surface area contributed by atoms with Crippen LogP contribution in [0.2, 0.25) is 0 Å². The number of nitrogens with two attached hydrogens (primary N) is 2. The zero-order valence-electron chi connectivity index (χ0n) is 15.7. The average Bonchev–Trinajstić information content (AvgIpc) is 2.50. The van der Waals surface area contributed by atoms with Crippen LogP contribution in [-0.4, -0.2) is 54.0 Å². The molecule has 146 valence electrons. The summed E-state index contributed by atoms with van der Waals surface area (Å²) in [4.78, 5) is 36.5. The van der Waals surface area contributed by atoms with E-state index in [1.807, 2.05) is 13.8 Å². The van der Waals surface area contributed by atoms with E-state index in [-0.39, 0.29) is 24.2 Å². The monoisotopic (exact) mass is 358 g/mol. The van der Waals surface area contributed by atoms with E-state index >= 15 is 0 Å². The van der Waals surface area contributed by atoms with E-state index in [4.69, 9.17) is 11.5 Å². The normalized spacial score (nSPS) is 16.0. The number of ketones is 1. The van der Waals surface area contributed by atoms with Crippen LogP contribution in [0, 0.1) is 11.8 Å². The van der Waals surface area contributed by atoms with Crippen LogP contribution in [0.15, 0.2) is 0 Å². The second kappa shape index (κ2) is 11.9. The minimum absolute atomic E-state index is 0.227. The molecular weight excluding hydrogens is 324 g/mol. The van der Waals surface area contributed by atoms with Gasteiger partial charge in [-0.25, -0.2) is 0 Å². The molecule has 4 atom stereocenters. The molecule has 0 heterocycles. The molecule has 8 heteroatoms. The number of carbonyl (C=O) groups is 3. The number of aliphatic hydroxyl groups excluding tert-OH is 1. The molecule has 25 heavy (non-hydrogen) atoms. The van der Waals surface area contributed by atoms with Crippen molar-refractivity contribution in [2.45, 2.75) is 65.1 Å². The van der Waals surface area contributed by atoms with Gasteiger partial charge in [0.2, 0.25) is 11.8 Å². The van der Waals surface area contributed by atoms with Crippen LogP contribution in [0.25, 0.3) is 0 Å². The Morgan fingerprint density at radius 1 is 0.960 bits per heavy atom. The zero-order chi connectivity index (χ0) is 19.6. The van der Waals surface area contributed by atoms with Crippen LogP contribution < -0.4 is 22.1 Å². The quantitative estimate of drug-likeness (QED) is 0.311. The molecule has 0 aromatic rings. The molecule has 7 N–H and O–H groups in total. The molecule has 0 rings (SSSR count). The highest BCUT2D eigenvalue weighted by atomic mass is 16.3. The van der Waals surface area contributed by atoms with Gasteiger partial charge < -0.3 is 27.2 Å². The maximum Gasteiger partial charge on any atom is 0.245 e. The van der Waals surface area contributed by atoms with Crippen LogP contribution in [-0.2, 0) is 14.4 Å². The second-order valence-electron chi connectivity index (χ2n) is 6.88. The first-order chi connectivity index (χ1) is 11.6. The second-order valence-corrected chi connectivity index (χ2v) is 6.88. The summed E-state index contributed by atoms with van der Waals surface area (Å²) < 4.78 is 0. The Kier molecular flexibility index (Phi) is 11.2. The van der Waals surface area contributed by atoms with E-state index in [1.54, 1.807) is 0 Å². The topological polar surface area (TPSA) is 148 Å². The fraction of sp³-hybridized carbons (Fsp3) is 0.824. The summed E-state index contributed by atoms with van der Waals surface area (Å²) in [7, 11) is 0. The van der Waals surface area contributed by atoms with Gasteiger partial charge in [-0.3, -0.25) is 14.4 Å². The number of carbonyl (C=O) groups excluding carboxylic acids is 3. The van der Waals surface area contributed by atoms with Crippen LogP contribution in [0.3, 0.4) is 0 Å². The van der Waals surface area contributed by atoms with Crippen molar-refractivity contribution in [3.05, 3.63) is 0 Å². The van der Waals surface area contributed by atoms with E-state index in [0.717, 1.165) is 0 Å². The number of Topliss-reactive ketones (excluding diaryl/α,β-unsaturated/α-hetero) is 1. The first-order valence-corrected chi connectivity index (χ1v) is 8.83. The number of amides is 2. The summed E-state index contributed by atoms with van der Waals surface area (Å²) in [6.45, 7) is 7.37. The summed E-state index contributed by atoms with van der Waals surface area (Å²) in [5.74, 6) is -1.18. The fourth-order valence-corrected chi connectivity index (χ4v) is 2.61. The smallest absolute Gasteiger partial charge is 0.245 e. The lowest BCUT2D eigenvalue weighted by atomic mass is 9.93. The molecule has 0 radical (unpaired) electrons. The lowest BCUT2D eigenvalue weighted by Gasteiger charge is -2.26. The SMILES string of the molecule is CC(=O)[C@H](CCN)NC(=O)[C@@H](NC(=O)C(CCN)CC(C)C)[C@H](C)O. The molecule has 8 nitrogen and oxygen atoms in total. The summed E-state index contributed by atoms with van der Waals surface area (Å²) in [5, 5.41) is 15.0. The third-order valence-electron chi connectivity index (χ3n) is 3.97. The maximum absolute atomic E-state index is 12.5. The van der Waals surface area contributed by atoms with Gasteiger partial charge in [-0.2, -0.15) is 0 Å². The number of rotatable bonds is 12. The summed E-state index contributed by atoms with van der Waals surface area (Å²) in [6.07, 6.45) is 0.332. The van der Waals surface area contributed by atoms with Gasteiger partial charge in [-0.15, -0.1) is 0 Å². The van der Waals surface area contributed by atoms with Gasteiger partial charge in [0.05, 0.1) is 12.1 Å². The van der Waals surface area contributed by atoms with Crippen molar-refractivity contribution in [3.8, 4) is 0 Å². The van der Waals surface area contributed by atoms with Gasteiger partial charge in [-0.05, 0) is 52.1 Å². The van der Waals surface area contributed by atoms with Gasteiger partial charge in [0.15, 0.2) is 5.78 Å². The molecule has 0 fully saturated rings. The van der Waals surface area contributed by atoms with Crippen molar-refractivity contribution in [3.63, 3.8) is 0 Å². The highest BCUT2D eigenvalue weighted by Gasteiger charge is 2.30.